The Morgan fingerprint density at radius 1 is 1.09 bits per heavy atom. The quantitative estimate of drug-likeness (QED) is 0.629. The lowest BCUT2D eigenvalue weighted by Crippen LogP contribution is -2.41. The van der Waals surface area contributed by atoms with Crippen molar-refractivity contribution < 1.29 is 18.9 Å². The van der Waals surface area contributed by atoms with Crippen LogP contribution in [0.15, 0.2) is 46.9 Å². The van der Waals surface area contributed by atoms with Crippen LogP contribution in [0, 0.1) is 15.9 Å². The van der Waals surface area contributed by atoms with Gasteiger partial charge in [-0.15, -0.1) is 0 Å². The number of amides is 2. The van der Waals surface area contributed by atoms with E-state index >= 15 is 0 Å². The number of benzene rings is 2. The van der Waals surface area contributed by atoms with Gasteiger partial charge in [0.15, 0.2) is 0 Å². The first kappa shape index (κ1) is 16.6. The Balaban J connectivity index is 2.08. The summed E-state index contributed by atoms with van der Waals surface area (Å²) in [7, 11) is 0. The van der Waals surface area contributed by atoms with Gasteiger partial charge < -0.3 is 0 Å². The van der Waals surface area contributed by atoms with Crippen molar-refractivity contribution in [1.82, 2.24) is 10.9 Å². The number of nitro benzene ring substituents is 1. The van der Waals surface area contributed by atoms with Gasteiger partial charge >= 0.3 is 5.69 Å². The molecule has 9 heteroatoms. The van der Waals surface area contributed by atoms with Crippen LogP contribution in [0.3, 0.4) is 0 Å². The lowest BCUT2D eigenvalue weighted by molar-refractivity contribution is -0.387. The van der Waals surface area contributed by atoms with Gasteiger partial charge in [0.2, 0.25) is 5.82 Å². The van der Waals surface area contributed by atoms with Crippen molar-refractivity contribution in [1.29, 1.82) is 0 Å². The Bertz CT molecular complexity index is 797. The minimum Gasteiger partial charge on any atom is -0.267 e. The van der Waals surface area contributed by atoms with Gasteiger partial charge in [0, 0.05) is 16.1 Å². The second kappa shape index (κ2) is 6.97. The largest absolute Gasteiger partial charge is 0.305 e. The topological polar surface area (TPSA) is 101 Å². The zero-order valence-electron chi connectivity index (χ0n) is 11.4. The van der Waals surface area contributed by atoms with Crippen molar-refractivity contribution in [3.63, 3.8) is 0 Å². The Morgan fingerprint density at radius 2 is 1.74 bits per heavy atom. The molecule has 0 aliphatic heterocycles. The third-order valence-electron chi connectivity index (χ3n) is 2.81. The van der Waals surface area contributed by atoms with Gasteiger partial charge in [-0.1, -0.05) is 12.1 Å². The molecule has 0 radical (unpaired) electrons. The number of hydrazine groups is 1. The number of nitrogens with zero attached hydrogens (tertiary/aromatic N) is 1. The zero-order chi connectivity index (χ0) is 17.0. The highest BCUT2D eigenvalue weighted by Gasteiger charge is 2.18. The SMILES string of the molecule is O=C(NNC(=O)c1ccccc1Br)c1ccc(F)c([N+](=O)[O-])c1. The molecular formula is C14H9BrFN3O4. The maximum atomic E-state index is 13.2. The Kier molecular flexibility index (Phi) is 5.02. The number of hydrogen-bond donors (Lipinski definition) is 2. The van der Waals surface area contributed by atoms with Crippen LogP contribution < -0.4 is 10.9 Å². The van der Waals surface area contributed by atoms with E-state index in [0.717, 1.165) is 18.2 Å². The van der Waals surface area contributed by atoms with E-state index in [0.29, 0.717) is 4.47 Å². The molecular weight excluding hydrogens is 373 g/mol. The molecule has 2 N–H and O–H groups in total. The van der Waals surface area contributed by atoms with Crippen LogP contribution in [0.4, 0.5) is 10.1 Å². The van der Waals surface area contributed by atoms with Crippen molar-refractivity contribution >= 4 is 33.4 Å². The van der Waals surface area contributed by atoms with E-state index in [-0.39, 0.29) is 11.1 Å². The minimum atomic E-state index is -1.05. The predicted molar refractivity (Wildman–Crippen MR) is 82.1 cm³/mol. The fourth-order valence-corrected chi connectivity index (χ4v) is 2.16. The molecule has 2 aromatic carbocycles. The highest BCUT2D eigenvalue weighted by molar-refractivity contribution is 9.10. The van der Waals surface area contributed by atoms with Crippen LogP contribution in [-0.4, -0.2) is 16.7 Å². The number of carbonyl (C=O) groups excluding carboxylic acids is 2. The third-order valence-corrected chi connectivity index (χ3v) is 3.50. The van der Waals surface area contributed by atoms with Crippen LogP contribution in [0.25, 0.3) is 0 Å². The molecule has 7 nitrogen and oxygen atoms in total. The predicted octanol–water partition coefficient (Wildman–Crippen LogP) is 2.57. The monoisotopic (exact) mass is 381 g/mol. The molecule has 0 heterocycles. The van der Waals surface area contributed by atoms with Crippen LogP contribution in [-0.2, 0) is 0 Å². The summed E-state index contributed by atoms with van der Waals surface area (Å²) < 4.78 is 13.7. The van der Waals surface area contributed by atoms with E-state index in [2.05, 4.69) is 26.8 Å². The maximum absolute atomic E-state index is 13.2. The average molecular weight is 382 g/mol. The highest BCUT2D eigenvalue weighted by atomic mass is 79.9. The summed E-state index contributed by atoms with van der Waals surface area (Å²) in [4.78, 5) is 33.5. The average Bonchev–Trinajstić information content (AvgIpc) is 2.52. The van der Waals surface area contributed by atoms with Crippen molar-refractivity contribution in [3.8, 4) is 0 Å². The summed E-state index contributed by atoms with van der Waals surface area (Å²) in [5.74, 6) is -2.44. The number of halogens is 2. The van der Waals surface area contributed by atoms with Gasteiger partial charge in [-0.25, -0.2) is 0 Å². The number of carbonyl (C=O) groups is 2. The second-order valence-electron chi connectivity index (χ2n) is 4.31. The van der Waals surface area contributed by atoms with Crippen LogP contribution in [0.2, 0.25) is 0 Å². The normalized spacial score (nSPS) is 10.0. The van der Waals surface area contributed by atoms with E-state index in [1.807, 2.05) is 0 Å². The third kappa shape index (κ3) is 3.89. The lowest BCUT2D eigenvalue weighted by atomic mass is 10.2. The minimum absolute atomic E-state index is 0.162. The fourth-order valence-electron chi connectivity index (χ4n) is 1.69. The highest BCUT2D eigenvalue weighted by Crippen LogP contribution is 2.18. The first-order valence-corrected chi connectivity index (χ1v) is 6.98. The van der Waals surface area contributed by atoms with Crippen molar-refractivity contribution in [3.05, 3.63) is 74.0 Å². The summed E-state index contributed by atoms with van der Waals surface area (Å²) in [6.07, 6.45) is 0. The number of rotatable bonds is 3. The summed E-state index contributed by atoms with van der Waals surface area (Å²) in [5.41, 5.74) is 3.58. The Hall–Kier alpha value is -2.81. The Morgan fingerprint density at radius 3 is 2.39 bits per heavy atom. The van der Waals surface area contributed by atoms with E-state index in [4.69, 9.17) is 0 Å². The van der Waals surface area contributed by atoms with Crippen LogP contribution in [0.5, 0.6) is 0 Å². The molecule has 2 amide bonds. The molecule has 2 aromatic rings. The first-order chi connectivity index (χ1) is 10.9. The van der Waals surface area contributed by atoms with E-state index in [1.165, 1.54) is 6.07 Å². The molecule has 2 rings (SSSR count). The molecule has 0 unspecified atom stereocenters. The zero-order valence-corrected chi connectivity index (χ0v) is 13.0. The van der Waals surface area contributed by atoms with Gasteiger partial charge in [-0.3, -0.25) is 30.6 Å². The smallest absolute Gasteiger partial charge is 0.267 e. The van der Waals surface area contributed by atoms with Gasteiger partial charge in [0.25, 0.3) is 11.8 Å². The molecule has 0 saturated carbocycles. The van der Waals surface area contributed by atoms with Crippen LogP contribution in [0.1, 0.15) is 20.7 Å². The van der Waals surface area contributed by atoms with Crippen molar-refractivity contribution in [2.24, 2.45) is 0 Å². The molecule has 118 valence electrons. The van der Waals surface area contributed by atoms with Gasteiger partial charge in [-0.2, -0.15) is 4.39 Å². The number of nitro groups is 1. The van der Waals surface area contributed by atoms with Gasteiger partial charge in [-0.05, 0) is 40.2 Å². The van der Waals surface area contributed by atoms with E-state index in [9.17, 15) is 24.1 Å². The number of nitrogens with one attached hydrogen (secondary N) is 2. The Labute approximate surface area is 137 Å². The molecule has 0 saturated heterocycles. The molecule has 0 fully saturated rings. The van der Waals surface area contributed by atoms with E-state index in [1.54, 1.807) is 18.2 Å². The standard InChI is InChI=1S/C14H9BrFN3O4/c15-10-4-2-1-3-9(10)14(21)18-17-13(20)8-5-6-11(16)12(7-8)19(22)23/h1-7H,(H,17,20)(H,18,21). The molecule has 0 bridgehead atoms. The molecule has 0 spiro atoms. The first-order valence-electron chi connectivity index (χ1n) is 6.19. The number of hydrogen-bond acceptors (Lipinski definition) is 4. The summed E-state index contributed by atoms with van der Waals surface area (Å²) in [6.45, 7) is 0. The van der Waals surface area contributed by atoms with Crippen molar-refractivity contribution in [2.75, 3.05) is 0 Å². The molecule has 0 aliphatic rings. The lowest BCUT2D eigenvalue weighted by Gasteiger charge is -2.08. The summed E-state index contributed by atoms with van der Waals surface area (Å²) in [5, 5.41) is 10.6. The molecule has 23 heavy (non-hydrogen) atoms. The molecule has 0 aliphatic carbocycles. The molecule has 0 aromatic heterocycles. The van der Waals surface area contributed by atoms with Gasteiger partial charge in [0.05, 0.1) is 10.5 Å². The van der Waals surface area contributed by atoms with Crippen LogP contribution >= 0.6 is 15.9 Å². The van der Waals surface area contributed by atoms with E-state index < -0.39 is 28.2 Å². The molecule has 0 atom stereocenters. The second-order valence-corrected chi connectivity index (χ2v) is 5.17. The maximum Gasteiger partial charge on any atom is 0.305 e. The summed E-state index contributed by atoms with van der Waals surface area (Å²) >= 11 is 3.19. The summed E-state index contributed by atoms with van der Waals surface area (Å²) in [6, 6.07) is 9.22. The van der Waals surface area contributed by atoms with Gasteiger partial charge in [0.1, 0.15) is 0 Å². The van der Waals surface area contributed by atoms with Crippen molar-refractivity contribution in [2.45, 2.75) is 0 Å². The fraction of sp³-hybridized carbons (Fsp3) is 0.